The molecule has 2 atom stereocenters. The van der Waals surface area contributed by atoms with Gasteiger partial charge in [-0.1, -0.05) is 20.8 Å². The standard InChI is InChI=1S/C16H26F2N2/c1-11(16(2,3)4)20(5)7-6-15(19)12-8-13(17)10-14(18)9-12/h8-11,15H,6-7,19H2,1-5H3. The first kappa shape index (κ1) is 17.1. The molecule has 0 fully saturated rings. The number of benzene rings is 1. The summed E-state index contributed by atoms with van der Waals surface area (Å²) in [5.41, 5.74) is 6.73. The van der Waals surface area contributed by atoms with Crippen molar-refractivity contribution in [2.24, 2.45) is 11.1 Å². The molecule has 0 aromatic heterocycles. The Kier molecular flexibility index (Phi) is 5.66. The Labute approximate surface area is 121 Å². The number of nitrogens with two attached hydrogens (primary N) is 1. The highest BCUT2D eigenvalue weighted by molar-refractivity contribution is 5.21. The summed E-state index contributed by atoms with van der Waals surface area (Å²) in [5.74, 6) is -1.15. The molecule has 0 aliphatic heterocycles. The molecule has 0 heterocycles. The van der Waals surface area contributed by atoms with Crippen LogP contribution in [0.4, 0.5) is 8.78 Å². The molecule has 0 bridgehead atoms. The van der Waals surface area contributed by atoms with Gasteiger partial charge in [-0.15, -0.1) is 0 Å². The van der Waals surface area contributed by atoms with Crippen LogP contribution < -0.4 is 5.73 Å². The second kappa shape index (κ2) is 6.64. The summed E-state index contributed by atoms with van der Waals surface area (Å²) in [6.45, 7) is 9.53. The third kappa shape index (κ3) is 4.84. The molecular formula is C16H26F2N2. The maximum absolute atomic E-state index is 13.2. The van der Waals surface area contributed by atoms with Crippen LogP contribution in [-0.2, 0) is 0 Å². The molecule has 1 rings (SSSR count). The van der Waals surface area contributed by atoms with Gasteiger partial charge >= 0.3 is 0 Å². The maximum Gasteiger partial charge on any atom is 0.126 e. The second-order valence-corrected chi connectivity index (χ2v) is 6.62. The second-order valence-electron chi connectivity index (χ2n) is 6.62. The Morgan fingerprint density at radius 2 is 1.65 bits per heavy atom. The Morgan fingerprint density at radius 1 is 1.15 bits per heavy atom. The van der Waals surface area contributed by atoms with Gasteiger partial charge in [0.2, 0.25) is 0 Å². The van der Waals surface area contributed by atoms with Gasteiger partial charge in [0.1, 0.15) is 11.6 Å². The normalized spacial score (nSPS) is 15.4. The monoisotopic (exact) mass is 284 g/mol. The van der Waals surface area contributed by atoms with Gasteiger partial charge < -0.3 is 10.6 Å². The Hall–Kier alpha value is -1.00. The lowest BCUT2D eigenvalue weighted by Gasteiger charge is -2.35. The van der Waals surface area contributed by atoms with Crippen LogP contribution in [-0.4, -0.2) is 24.5 Å². The molecule has 2 N–H and O–H groups in total. The molecule has 0 amide bonds. The topological polar surface area (TPSA) is 29.3 Å². The third-order valence-corrected chi connectivity index (χ3v) is 4.02. The van der Waals surface area contributed by atoms with E-state index < -0.39 is 11.6 Å². The molecule has 0 aliphatic carbocycles. The van der Waals surface area contributed by atoms with E-state index in [4.69, 9.17) is 5.73 Å². The lowest BCUT2D eigenvalue weighted by atomic mass is 9.87. The third-order valence-electron chi connectivity index (χ3n) is 4.02. The van der Waals surface area contributed by atoms with Crippen molar-refractivity contribution in [1.29, 1.82) is 0 Å². The van der Waals surface area contributed by atoms with Gasteiger partial charge in [-0.3, -0.25) is 0 Å². The molecule has 0 aliphatic rings. The zero-order valence-corrected chi connectivity index (χ0v) is 13.1. The lowest BCUT2D eigenvalue weighted by molar-refractivity contribution is 0.137. The zero-order valence-electron chi connectivity index (χ0n) is 13.1. The van der Waals surface area contributed by atoms with E-state index >= 15 is 0 Å². The van der Waals surface area contributed by atoms with E-state index in [-0.39, 0.29) is 11.5 Å². The quantitative estimate of drug-likeness (QED) is 0.893. The molecule has 1 aromatic carbocycles. The summed E-state index contributed by atoms with van der Waals surface area (Å²) in [4.78, 5) is 2.23. The Bertz CT molecular complexity index is 420. The van der Waals surface area contributed by atoms with Gasteiger partial charge in [0.15, 0.2) is 0 Å². The molecular weight excluding hydrogens is 258 g/mol. The Balaban J connectivity index is 2.61. The van der Waals surface area contributed by atoms with Gasteiger partial charge in [0, 0.05) is 18.2 Å². The van der Waals surface area contributed by atoms with E-state index in [1.165, 1.54) is 12.1 Å². The van der Waals surface area contributed by atoms with Crippen LogP contribution in [0.2, 0.25) is 0 Å². The first-order chi connectivity index (χ1) is 9.11. The number of rotatable bonds is 5. The van der Waals surface area contributed by atoms with Crippen LogP contribution >= 0.6 is 0 Å². The van der Waals surface area contributed by atoms with E-state index in [1.54, 1.807) is 0 Å². The largest absolute Gasteiger partial charge is 0.324 e. The van der Waals surface area contributed by atoms with Crippen molar-refractivity contribution in [2.45, 2.75) is 46.2 Å². The first-order valence-corrected chi connectivity index (χ1v) is 7.03. The fraction of sp³-hybridized carbons (Fsp3) is 0.625. The molecule has 114 valence electrons. The van der Waals surface area contributed by atoms with Crippen molar-refractivity contribution in [3.05, 3.63) is 35.4 Å². The average Bonchev–Trinajstić information content (AvgIpc) is 2.32. The van der Waals surface area contributed by atoms with Crippen LogP contribution in [0.1, 0.15) is 45.7 Å². The van der Waals surface area contributed by atoms with E-state index in [2.05, 4.69) is 39.6 Å². The van der Waals surface area contributed by atoms with E-state index in [1.807, 2.05) is 0 Å². The van der Waals surface area contributed by atoms with Crippen LogP contribution in [0.3, 0.4) is 0 Å². The average molecular weight is 284 g/mol. The van der Waals surface area contributed by atoms with Crippen molar-refractivity contribution < 1.29 is 8.78 Å². The minimum Gasteiger partial charge on any atom is -0.324 e. The first-order valence-electron chi connectivity index (χ1n) is 7.03. The zero-order chi connectivity index (χ0) is 15.5. The molecule has 0 saturated carbocycles. The SMILES string of the molecule is CC(N(C)CCC(N)c1cc(F)cc(F)c1)C(C)(C)C. The highest BCUT2D eigenvalue weighted by atomic mass is 19.1. The van der Waals surface area contributed by atoms with Crippen LogP contribution in [0.15, 0.2) is 18.2 Å². The highest BCUT2D eigenvalue weighted by Gasteiger charge is 2.24. The van der Waals surface area contributed by atoms with Crippen LogP contribution in [0.25, 0.3) is 0 Å². The van der Waals surface area contributed by atoms with Crippen molar-refractivity contribution in [1.82, 2.24) is 4.90 Å². The van der Waals surface area contributed by atoms with E-state index in [0.29, 0.717) is 18.0 Å². The van der Waals surface area contributed by atoms with E-state index in [9.17, 15) is 8.78 Å². The van der Waals surface area contributed by atoms with Gasteiger partial charge in [-0.25, -0.2) is 8.78 Å². The number of hydrogen-bond acceptors (Lipinski definition) is 2. The van der Waals surface area contributed by atoms with Crippen molar-refractivity contribution in [2.75, 3.05) is 13.6 Å². The molecule has 0 radical (unpaired) electrons. The molecule has 2 unspecified atom stereocenters. The Morgan fingerprint density at radius 3 is 2.10 bits per heavy atom. The smallest absolute Gasteiger partial charge is 0.126 e. The van der Waals surface area contributed by atoms with Gasteiger partial charge in [-0.2, -0.15) is 0 Å². The summed E-state index contributed by atoms with van der Waals surface area (Å²) in [6.07, 6.45) is 0.666. The fourth-order valence-electron chi connectivity index (χ4n) is 2.15. The summed E-state index contributed by atoms with van der Waals surface area (Å²) in [7, 11) is 2.05. The van der Waals surface area contributed by atoms with Gasteiger partial charge in [0.05, 0.1) is 0 Å². The summed E-state index contributed by atoms with van der Waals surface area (Å²) < 4.78 is 26.3. The molecule has 0 saturated heterocycles. The van der Waals surface area contributed by atoms with Crippen molar-refractivity contribution in [3.63, 3.8) is 0 Å². The summed E-state index contributed by atoms with van der Waals surface area (Å²) >= 11 is 0. The fourth-order valence-corrected chi connectivity index (χ4v) is 2.15. The number of halogens is 2. The minimum absolute atomic E-state index is 0.184. The van der Waals surface area contributed by atoms with Crippen molar-refractivity contribution >= 4 is 0 Å². The molecule has 4 heteroatoms. The van der Waals surface area contributed by atoms with Gasteiger partial charge in [-0.05, 0) is 50.0 Å². The number of hydrogen-bond donors (Lipinski definition) is 1. The predicted octanol–water partition coefficient (Wildman–Crippen LogP) is 3.72. The van der Waals surface area contributed by atoms with Crippen LogP contribution in [0.5, 0.6) is 0 Å². The highest BCUT2D eigenvalue weighted by Crippen LogP contribution is 2.24. The van der Waals surface area contributed by atoms with Crippen molar-refractivity contribution in [3.8, 4) is 0 Å². The summed E-state index contributed by atoms with van der Waals surface area (Å²) in [5, 5.41) is 0. The minimum atomic E-state index is -0.577. The molecule has 20 heavy (non-hydrogen) atoms. The maximum atomic E-state index is 13.2. The van der Waals surface area contributed by atoms with E-state index in [0.717, 1.165) is 12.6 Å². The van der Waals surface area contributed by atoms with Crippen LogP contribution in [0, 0.1) is 17.0 Å². The molecule has 1 aromatic rings. The lowest BCUT2D eigenvalue weighted by Crippen LogP contribution is -2.40. The molecule has 0 spiro atoms. The van der Waals surface area contributed by atoms with Gasteiger partial charge in [0.25, 0.3) is 0 Å². The predicted molar refractivity (Wildman–Crippen MR) is 79.5 cm³/mol. The number of nitrogens with zero attached hydrogens (tertiary/aromatic N) is 1. The molecule has 2 nitrogen and oxygen atoms in total. The summed E-state index contributed by atoms with van der Waals surface area (Å²) in [6, 6.07) is 3.53.